The van der Waals surface area contributed by atoms with E-state index in [9.17, 15) is 26.7 Å². The van der Waals surface area contributed by atoms with Crippen LogP contribution in [0.4, 0.5) is 33.6 Å². The van der Waals surface area contributed by atoms with Gasteiger partial charge in [-0.05, 0) is 25.5 Å². The second-order valence-corrected chi connectivity index (χ2v) is 7.69. The van der Waals surface area contributed by atoms with Crippen LogP contribution in [-0.2, 0) is 16.8 Å². The number of hydrogen-bond donors (Lipinski definition) is 2. The molecule has 0 saturated heterocycles. The van der Waals surface area contributed by atoms with Crippen molar-refractivity contribution in [2.75, 3.05) is 11.1 Å². The molecular formula is C19H18F5N7O. The number of hydrogen-bond acceptors (Lipinski definition) is 6. The minimum absolute atomic E-state index is 0.0127. The van der Waals surface area contributed by atoms with E-state index < -0.39 is 30.5 Å². The minimum Gasteiger partial charge on any atom is -0.383 e. The number of carbonyl (C=O) groups is 1. The molecule has 13 heteroatoms. The number of carbonyl (C=O) groups excluding carboxylic acids is 1. The molecule has 0 aromatic carbocycles. The molecular weight excluding hydrogens is 437 g/mol. The number of nitrogens with one attached hydrogen (secondary N) is 1. The molecule has 0 spiro atoms. The van der Waals surface area contributed by atoms with Crippen LogP contribution >= 0.6 is 0 Å². The average molecular weight is 455 g/mol. The molecule has 3 N–H and O–H groups in total. The van der Waals surface area contributed by atoms with Crippen molar-refractivity contribution in [1.82, 2.24) is 24.7 Å². The number of halogens is 5. The standard InChI is InChI=1S/C19H18F5N7O/c1-3-17(2)10-12(25)27-14(28-13(10)29-16(17)32)11-9-5-4-7-26-15(9)31(30-11)8-6-18(20,21)19(22,23)24/h4-5,7H,3,6,8H2,1-2H3,(H3,25,27,28,29,32). The van der Waals surface area contributed by atoms with E-state index in [0.717, 1.165) is 4.68 Å². The number of nitrogens with zero attached hydrogens (tertiary/aromatic N) is 5. The summed E-state index contributed by atoms with van der Waals surface area (Å²) in [5, 5.41) is 7.15. The highest BCUT2D eigenvalue weighted by atomic mass is 19.4. The number of rotatable bonds is 5. The van der Waals surface area contributed by atoms with Gasteiger partial charge in [-0.1, -0.05) is 6.92 Å². The molecule has 1 atom stereocenters. The summed E-state index contributed by atoms with van der Waals surface area (Å²) in [6, 6.07) is 3.11. The van der Waals surface area contributed by atoms with Crippen LogP contribution in [0.3, 0.4) is 0 Å². The van der Waals surface area contributed by atoms with Gasteiger partial charge in [0.05, 0.1) is 16.4 Å². The van der Waals surface area contributed by atoms with Crippen LogP contribution in [0.5, 0.6) is 0 Å². The van der Waals surface area contributed by atoms with Crippen molar-refractivity contribution in [3.63, 3.8) is 0 Å². The molecule has 1 aliphatic rings. The summed E-state index contributed by atoms with van der Waals surface area (Å²) in [5.41, 5.74) is 5.84. The van der Waals surface area contributed by atoms with Crippen molar-refractivity contribution in [2.24, 2.45) is 0 Å². The molecule has 1 amide bonds. The van der Waals surface area contributed by atoms with Gasteiger partial charge in [0.1, 0.15) is 17.3 Å². The van der Waals surface area contributed by atoms with Gasteiger partial charge >= 0.3 is 12.1 Å². The maximum absolute atomic E-state index is 13.4. The lowest BCUT2D eigenvalue weighted by molar-refractivity contribution is -0.285. The van der Waals surface area contributed by atoms with E-state index in [-0.39, 0.29) is 34.7 Å². The number of aryl methyl sites for hydroxylation is 1. The van der Waals surface area contributed by atoms with Crippen molar-refractivity contribution >= 4 is 28.6 Å². The van der Waals surface area contributed by atoms with Gasteiger partial charge in [0.25, 0.3) is 0 Å². The normalized spacial score (nSPS) is 18.8. The van der Waals surface area contributed by atoms with Crippen LogP contribution in [0, 0.1) is 0 Å². The van der Waals surface area contributed by atoms with Crippen molar-refractivity contribution in [3.8, 4) is 11.5 Å². The zero-order chi connectivity index (χ0) is 23.5. The second kappa shape index (κ2) is 7.07. The Morgan fingerprint density at radius 3 is 2.59 bits per heavy atom. The lowest BCUT2D eigenvalue weighted by Gasteiger charge is -2.20. The highest BCUT2D eigenvalue weighted by molar-refractivity contribution is 6.06. The Bertz CT molecular complexity index is 1220. The molecule has 0 bridgehead atoms. The number of aromatic nitrogens is 5. The Kier molecular flexibility index (Phi) is 4.82. The lowest BCUT2D eigenvalue weighted by atomic mass is 9.82. The highest BCUT2D eigenvalue weighted by Crippen LogP contribution is 2.43. The van der Waals surface area contributed by atoms with Gasteiger partial charge in [-0.15, -0.1) is 0 Å². The summed E-state index contributed by atoms with van der Waals surface area (Å²) >= 11 is 0. The molecule has 1 unspecified atom stereocenters. The van der Waals surface area contributed by atoms with E-state index in [4.69, 9.17) is 5.73 Å². The molecule has 8 nitrogen and oxygen atoms in total. The van der Waals surface area contributed by atoms with Gasteiger partial charge in [0.2, 0.25) is 5.91 Å². The molecule has 4 rings (SSSR count). The molecule has 4 heterocycles. The Labute approximate surface area is 178 Å². The second-order valence-electron chi connectivity index (χ2n) is 7.69. The number of amides is 1. The molecule has 0 aliphatic carbocycles. The van der Waals surface area contributed by atoms with Crippen LogP contribution in [0.1, 0.15) is 32.3 Å². The topological polar surface area (TPSA) is 112 Å². The van der Waals surface area contributed by atoms with Crippen molar-refractivity contribution in [2.45, 2.75) is 50.7 Å². The monoisotopic (exact) mass is 455 g/mol. The molecule has 0 radical (unpaired) electrons. The fourth-order valence-corrected chi connectivity index (χ4v) is 3.63. The third-order valence-corrected chi connectivity index (χ3v) is 5.70. The summed E-state index contributed by atoms with van der Waals surface area (Å²) in [6.45, 7) is 2.78. The van der Waals surface area contributed by atoms with Crippen LogP contribution in [0.25, 0.3) is 22.6 Å². The van der Waals surface area contributed by atoms with Gasteiger partial charge in [-0.2, -0.15) is 27.1 Å². The van der Waals surface area contributed by atoms with Crippen LogP contribution in [0.2, 0.25) is 0 Å². The van der Waals surface area contributed by atoms with Crippen LogP contribution < -0.4 is 11.1 Å². The summed E-state index contributed by atoms with van der Waals surface area (Å²) in [4.78, 5) is 25.1. The molecule has 3 aromatic rings. The van der Waals surface area contributed by atoms with Crippen LogP contribution in [-0.4, -0.2) is 42.7 Å². The zero-order valence-corrected chi connectivity index (χ0v) is 17.0. The fourth-order valence-electron chi connectivity index (χ4n) is 3.63. The highest BCUT2D eigenvalue weighted by Gasteiger charge is 2.56. The van der Waals surface area contributed by atoms with Gasteiger partial charge in [-0.25, -0.2) is 19.6 Å². The van der Waals surface area contributed by atoms with Crippen molar-refractivity contribution in [3.05, 3.63) is 23.9 Å². The van der Waals surface area contributed by atoms with Crippen LogP contribution in [0.15, 0.2) is 18.3 Å². The molecule has 1 aliphatic heterocycles. The predicted octanol–water partition coefficient (Wildman–Crippen LogP) is 3.68. The largest absolute Gasteiger partial charge is 0.453 e. The van der Waals surface area contributed by atoms with Gasteiger partial charge in [0.15, 0.2) is 11.5 Å². The van der Waals surface area contributed by atoms with E-state index in [0.29, 0.717) is 17.4 Å². The number of nitrogens with two attached hydrogens (primary N) is 1. The summed E-state index contributed by atoms with van der Waals surface area (Å²) in [6.07, 6.45) is -5.38. The van der Waals surface area contributed by atoms with Crippen molar-refractivity contribution in [1.29, 1.82) is 0 Å². The maximum atomic E-state index is 13.4. The quantitative estimate of drug-likeness (QED) is 0.568. The van der Waals surface area contributed by atoms with E-state index in [1.807, 2.05) is 6.92 Å². The minimum atomic E-state index is -5.67. The third-order valence-electron chi connectivity index (χ3n) is 5.70. The maximum Gasteiger partial charge on any atom is 0.453 e. The molecule has 170 valence electrons. The Hall–Kier alpha value is -3.38. The number of pyridine rings is 1. The lowest BCUT2D eigenvalue weighted by Crippen LogP contribution is -2.37. The van der Waals surface area contributed by atoms with Gasteiger partial charge in [-0.3, -0.25) is 4.79 Å². The Balaban J connectivity index is 1.78. The number of anilines is 2. The molecule has 32 heavy (non-hydrogen) atoms. The van der Waals surface area contributed by atoms with Gasteiger partial charge < -0.3 is 11.1 Å². The summed E-state index contributed by atoms with van der Waals surface area (Å²) < 4.78 is 65.5. The zero-order valence-electron chi connectivity index (χ0n) is 17.0. The first kappa shape index (κ1) is 21.8. The summed E-state index contributed by atoms with van der Waals surface area (Å²) in [7, 11) is 0. The van der Waals surface area contributed by atoms with E-state index in [1.165, 1.54) is 6.20 Å². The smallest absolute Gasteiger partial charge is 0.383 e. The SMILES string of the molecule is CCC1(C)C(=O)Nc2nc(-c3nn(CCC(F)(F)C(F)(F)F)c4ncccc34)nc(N)c21. The fraction of sp³-hybridized carbons (Fsp3) is 0.421. The predicted molar refractivity (Wildman–Crippen MR) is 105 cm³/mol. The number of nitrogen functional groups attached to an aromatic ring is 1. The Morgan fingerprint density at radius 2 is 1.94 bits per heavy atom. The molecule has 0 saturated carbocycles. The number of alkyl halides is 5. The van der Waals surface area contributed by atoms with E-state index in [2.05, 4.69) is 25.4 Å². The first-order chi connectivity index (χ1) is 14.9. The van der Waals surface area contributed by atoms with E-state index in [1.54, 1.807) is 19.1 Å². The molecule has 0 fully saturated rings. The summed E-state index contributed by atoms with van der Waals surface area (Å²) in [5.74, 6) is -4.94. The first-order valence-electron chi connectivity index (χ1n) is 9.65. The molecule has 3 aromatic heterocycles. The van der Waals surface area contributed by atoms with E-state index >= 15 is 0 Å². The Morgan fingerprint density at radius 1 is 1.22 bits per heavy atom. The van der Waals surface area contributed by atoms with Gasteiger partial charge in [0, 0.05) is 19.2 Å². The van der Waals surface area contributed by atoms with Crippen molar-refractivity contribution < 1.29 is 26.7 Å². The number of fused-ring (bicyclic) bond motifs is 2. The average Bonchev–Trinajstić information content (AvgIpc) is 3.21. The first-order valence-corrected chi connectivity index (χ1v) is 9.65. The third kappa shape index (κ3) is 3.22.